The molecule has 2 aromatic heterocycles. The minimum atomic E-state index is 0.849. The molecular weight excluding hydrogens is 286 g/mol. The molecule has 0 radical (unpaired) electrons. The van der Waals surface area contributed by atoms with Gasteiger partial charge in [-0.15, -0.1) is 11.3 Å². The third-order valence-corrected chi connectivity index (χ3v) is 4.27. The molecule has 0 aliphatic rings. The van der Waals surface area contributed by atoms with Crippen LogP contribution in [0.1, 0.15) is 11.3 Å². The molecule has 0 aliphatic carbocycles. The molecule has 1 N–H and O–H groups in total. The van der Waals surface area contributed by atoms with Crippen LogP contribution in [0.4, 0.5) is 0 Å². The molecule has 5 heteroatoms. The molecule has 0 aromatic carbocycles. The second-order valence-electron chi connectivity index (χ2n) is 3.70. The van der Waals surface area contributed by atoms with Gasteiger partial charge in [0, 0.05) is 29.0 Å². The Kier molecular flexibility index (Phi) is 3.47. The van der Waals surface area contributed by atoms with E-state index in [4.69, 9.17) is 0 Å². The first-order chi connectivity index (χ1) is 7.63. The number of aromatic nitrogens is 2. The van der Waals surface area contributed by atoms with E-state index in [1.54, 1.807) is 11.3 Å². The Hall–Kier alpha value is -0.650. The van der Waals surface area contributed by atoms with Crippen molar-refractivity contribution in [3.63, 3.8) is 0 Å². The molecule has 0 saturated carbocycles. The van der Waals surface area contributed by atoms with Crippen molar-refractivity contribution in [3.05, 3.63) is 27.2 Å². The van der Waals surface area contributed by atoms with Gasteiger partial charge in [-0.3, -0.25) is 4.68 Å². The van der Waals surface area contributed by atoms with Gasteiger partial charge in [-0.25, -0.2) is 0 Å². The topological polar surface area (TPSA) is 29.9 Å². The average Bonchev–Trinajstić information content (AvgIpc) is 2.77. The van der Waals surface area contributed by atoms with Crippen LogP contribution >= 0.6 is 27.3 Å². The highest BCUT2D eigenvalue weighted by molar-refractivity contribution is 9.10. The highest BCUT2D eigenvalue weighted by atomic mass is 79.9. The summed E-state index contributed by atoms with van der Waals surface area (Å²) in [6, 6.07) is 2.11. The molecule has 0 unspecified atom stereocenters. The van der Waals surface area contributed by atoms with Gasteiger partial charge in [0.05, 0.1) is 10.6 Å². The van der Waals surface area contributed by atoms with Gasteiger partial charge in [0.1, 0.15) is 5.69 Å². The van der Waals surface area contributed by atoms with Crippen molar-refractivity contribution in [2.75, 3.05) is 7.05 Å². The summed E-state index contributed by atoms with van der Waals surface area (Å²) in [4.78, 5) is 1.21. The molecule has 0 spiro atoms. The molecule has 2 aromatic rings. The van der Waals surface area contributed by atoms with Gasteiger partial charge in [-0.05, 0) is 36.0 Å². The Bertz CT molecular complexity index is 501. The summed E-state index contributed by atoms with van der Waals surface area (Å²) in [6.07, 6.45) is 0. The van der Waals surface area contributed by atoms with Gasteiger partial charge < -0.3 is 5.32 Å². The molecule has 0 bridgehead atoms. The van der Waals surface area contributed by atoms with E-state index in [0.29, 0.717) is 0 Å². The summed E-state index contributed by atoms with van der Waals surface area (Å²) in [5, 5.41) is 9.83. The van der Waals surface area contributed by atoms with Gasteiger partial charge in [-0.1, -0.05) is 0 Å². The zero-order chi connectivity index (χ0) is 11.7. The summed E-state index contributed by atoms with van der Waals surface area (Å²) < 4.78 is 3.07. The van der Waals surface area contributed by atoms with Crippen LogP contribution in [0.3, 0.4) is 0 Å². The molecule has 3 nitrogen and oxygen atoms in total. The number of nitrogens with zero attached hydrogens (tertiary/aromatic N) is 2. The van der Waals surface area contributed by atoms with Gasteiger partial charge in [-0.2, -0.15) is 5.10 Å². The van der Waals surface area contributed by atoms with Crippen molar-refractivity contribution in [2.24, 2.45) is 7.05 Å². The average molecular weight is 300 g/mol. The lowest BCUT2D eigenvalue weighted by Crippen LogP contribution is -2.10. The van der Waals surface area contributed by atoms with Crippen molar-refractivity contribution in [2.45, 2.75) is 13.5 Å². The lowest BCUT2D eigenvalue weighted by molar-refractivity contribution is 0.671. The standard InChI is InChI=1S/C11H14BrN3S/c1-7-9(5-13-2)15(3)14-11(7)10-4-8(12)6-16-10/h4,6,13H,5H2,1-3H3. The normalized spacial score (nSPS) is 11.0. The van der Waals surface area contributed by atoms with Crippen LogP contribution in [-0.2, 0) is 13.6 Å². The Morgan fingerprint density at radius 3 is 2.88 bits per heavy atom. The first kappa shape index (κ1) is 11.8. The third kappa shape index (κ3) is 2.07. The van der Waals surface area contributed by atoms with Gasteiger partial charge >= 0.3 is 0 Å². The minimum Gasteiger partial charge on any atom is -0.314 e. The third-order valence-electron chi connectivity index (χ3n) is 2.57. The first-order valence-corrected chi connectivity index (χ1v) is 6.72. The highest BCUT2D eigenvalue weighted by Crippen LogP contribution is 2.32. The van der Waals surface area contributed by atoms with Crippen molar-refractivity contribution in [1.82, 2.24) is 15.1 Å². The smallest absolute Gasteiger partial charge is 0.106 e. The van der Waals surface area contributed by atoms with E-state index >= 15 is 0 Å². The predicted octanol–water partition coefficient (Wildman–Crippen LogP) is 2.94. The molecule has 2 rings (SSSR count). The number of nitrogens with one attached hydrogen (secondary N) is 1. The molecule has 0 saturated heterocycles. The summed E-state index contributed by atoms with van der Waals surface area (Å²) in [5.41, 5.74) is 3.58. The fraction of sp³-hybridized carbons (Fsp3) is 0.364. The van der Waals surface area contributed by atoms with Gasteiger partial charge in [0.2, 0.25) is 0 Å². The Labute approximate surface area is 108 Å². The molecule has 0 amide bonds. The minimum absolute atomic E-state index is 0.849. The summed E-state index contributed by atoms with van der Waals surface area (Å²) in [6.45, 7) is 2.98. The van der Waals surface area contributed by atoms with Crippen molar-refractivity contribution < 1.29 is 0 Å². The van der Waals surface area contributed by atoms with Crippen molar-refractivity contribution >= 4 is 27.3 Å². The SMILES string of the molecule is CNCc1c(C)c(-c2cc(Br)cs2)nn1C. The number of thiophene rings is 1. The zero-order valence-electron chi connectivity index (χ0n) is 9.54. The maximum absolute atomic E-state index is 4.58. The van der Waals surface area contributed by atoms with Crippen LogP contribution in [0.25, 0.3) is 10.6 Å². The molecule has 2 heterocycles. The fourth-order valence-electron chi connectivity index (χ4n) is 1.75. The maximum atomic E-state index is 4.58. The maximum Gasteiger partial charge on any atom is 0.106 e. The second kappa shape index (κ2) is 4.69. The first-order valence-electron chi connectivity index (χ1n) is 5.05. The summed E-state index contributed by atoms with van der Waals surface area (Å²) >= 11 is 5.19. The number of hydrogen-bond acceptors (Lipinski definition) is 3. The van der Waals surface area contributed by atoms with Crippen LogP contribution in [0.15, 0.2) is 15.9 Å². The molecular formula is C11H14BrN3S. The summed E-state index contributed by atoms with van der Waals surface area (Å²) in [7, 11) is 3.94. The number of rotatable bonds is 3. The van der Waals surface area contributed by atoms with E-state index in [2.05, 4.69) is 44.7 Å². The molecule has 16 heavy (non-hydrogen) atoms. The van der Waals surface area contributed by atoms with E-state index in [1.165, 1.54) is 16.1 Å². The Balaban J connectivity index is 2.46. The van der Waals surface area contributed by atoms with Crippen LogP contribution < -0.4 is 5.32 Å². The second-order valence-corrected chi connectivity index (χ2v) is 5.53. The lowest BCUT2D eigenvalue weighted by atomic mass is 10.2. The molecule has 0 aliphatic heterocycles. The summed E-state index contributed by atoms with van der Waals surface area (Å²) in [5.74, 6) is 0. The quantitative estimate of drug-likeness (QED) is 0.944. The van der Waals surface area contributed by atoms with Crippen LogP contribution in [0.5, 0.6) is 0 Å². The molecule has 0 atom stereocenters. The van der Waals surface area contributed by atoms with E-state index < -0.39 is 0 Å². The Morgan fingerprint density at radius 1 is 1.56 bits per heavy atom. The molecule has 86 valence electrons. The highest BCUT2D eigenvalue weighted by Gasteiger charge is 2.14. The van der Waals surface area contributed by atoms with Crippen molar-refractivity contribution in [3.8, 4) is 10.6 Å². The van der Waals surface area contributed by atoms with Crippen LogP contribution in [-0.4, -0.2) is 16.8 Å². The Morgan fingerprint density at radius 2 is 2.31 bits per heavy atom. The van der Waals surface area contributed by atoms with Crippen LogP contribution in [0.2, 0.25) is 0 Å². The van der Waals surface area contributed by atoms with Gasteiger partial charge in [0.25, 0.3) is 0 Å². The number of hydrogen-bond donors (Lipinski definition) is 1. The van der Waals surface area contributed by atoms with Gasteiger partial charge in [0.15, 0.2) is 0 Å². The lowest BCUT2D eigenvalue weighted by Gasteiger charge is -2.01. The fourth-order valence-corrected chi connectivity index (χ4v) is 3.22. The largest absolute Gasteiger partial charge is 0.314 e. The number of halogens is 1. The van der Waals surface area contributed by atoms with Crippen molar-refractivity contribution in [1.29, 1.82) is 0 Å². The zero-order valence-corrected chi connectivity index (χ0v) is 11.9. The van der Waals surface area contributed by atoms with E-state index in [1.807, 2.05) is 18.8 Å². The molecule has 0 fully saturated rings. The van der Waals surface area contributed by atoms with E-state index in [0.717, 1.165) is 16.7 Å². The van der Waals surface area contributed by atoms with E-state index in [-0.39, 0.29) is 0 Å². The van der Waals surface area contributed by atoms with Crippen LogP contribution in [0, 0.1) is 6.92 Å². The van der Waals surface area contributed by atoms with E-state index in [9.17, 15) is 0 Å². The monoisotopic (exact) mass is 299 g/mol. The number of aryl methyl sites for hydroxylation is 1. The predicted molar refractivity (Wildman–Crippen MR) is 71.7 cm³/mol.